The highest BCUT2D eigenvalue weighted by Gasteiger charge is 2.43. The first kappa shape index (κ1) is 22.6. The molecule has 2 aliphatic rings. The van der Waals surface area contributed by atoms with Crippen LogP contribution in [0.15, 0.2) is 24.4 Å². The summed E-state index contributed by atoms with van der Waals surface area (Å²) in [5, 5.41) is 9.88. The van der Waals surface area contributed by atoms with Gasteiger partial charge in [-0.2, -0.15) is 17.0 Å². The van der Waals surface area contributed by atoms with Crippen molar-refractivity contribution < 1.29 is 27.6 Å². The molecule has 0 bridgehead atoms. The Kier molecular flexibility index (Phi) is 6.21. The average Bonchev–Trinajstić information content (AvgIpc) is 3.21. The minimum atomic E-state index is -3.99. The van der Waals surface area contributed by atoms with Gasteiger partial charge in [-0.25, -0.2) is 9.87 Å². The molecule has 1 aromatic heterocycles. The second kappa shape index (κ2) is 8.77. The van der Waals surface area contributed by atoms with Gasteiger partial charge < -0.3 is 9.88 Å². The molecule has 3 N–H and O–H groups in total. The smallest absolute Gasteiger partial charge is 0.282 e. The van der Waals surface area contributed by atoms with Gasteiger partial charge in [-0.15, -0.1) is 0 Å². The van der Waals surface area contributed by atoms with E-state index in [4.69, 9.17) is 5.21 Å². The van der Waals surface area contributed by atoms with Crippen molar-refractivity contribution in [1.82, 2.24) is 24.0 Å². The van der Waals surface area contributed by atoms with Gasteiger partial charge in [0.1, 0.15) is 11.9 Å². The van der Waals surface area contributed by atoms with Gasteiger partial charge in [0, 0.05) is 56.7 Å². The van der Waals surface area contributed by atoms with Gasteiger partial charge in [0.2, 0.25) is 5.91 Å². The van der Waals surface area contributed by atoms with Gasteiger partial charge >= 0.3 is 0 Å². The summed E-state index contributed by atoms with van der Waals surface area (Å²) in [6.07, 6.45) is 2.95. The van der Waals surface area contributed by atoms with Gasteiger partial charge in [-0.1, -0.05) is 0 Å². The number of aromatic amines is 1. The quantitative estimate of drug-likeness (QED) is 0.452. The molecule has 4 rings (SSSR count). The Morgan fingerprint density at radius 2 is 1.91 bits per heavy atom. The minimum Gasteiger partial charge on any atom is -0.361 e. The lowest BCUT2D eigenvalue weighted by molar-refractivity contribution is -0.138. The molecule has 2 saturated heterocycles. The number of hydrogen-bond donors (Lipinski definition) is 3. The summed E-state index contributed by atoms with van der Waals surface area (Å²) in [6.45, 7) is 1.84. The van der Waals surface area contributed by atoms with Crippen molar-refractivity contribution in [2.45, 2.75) is 31.7 Å². The van der Waals surface area contributed by atoms with Crippen LogP contribution in [0.2, 0.25) is 0 Å². The third-order valence-corrected chi connectivity index (χ3v) is 8.43. The molecule has 2 amide bonds. The molecule has 32 heavy (non-hydrogen) atoms. The monoisotopic (exact) mass is 467 g/mol. The fourth-order valence-corrected chi connectivity index (χ4v) is 6.38. The van der Waals surface area contributed by atoms with Crippen LogP contribution in [0.1, 0.15) is 31.2 Å². The van der Waals surface area contributed by atoms with Crippen LogP contribution in [0.3, 0.4) is 0 Å². The predicted molar refractivity (Wildman–Crippen MR) is 113 cm³/mol. The zero-order valence-electron chi connectivity index (χ0n) is 17.6. The van der Waals surface area contributed by atoms with Gasteiger partial charge in [-0.3, -0.25) is 14.8 Å². The number of fused-ring (bicyclic) bond motifs is 1. The number of halogens is 1. The maximum Gasteiger partial charge on any atom is 0.282 e. The van der Waals surface area contributed by atoms with E-state index in [9.17, 15) is 22.4 Å². The predicted octanol–water partition coefficient (Wildman–Crippen LogP) is 0.769. The van der Waals surface area contributed by atoms with Crippen LogP contribution in [0, 0.1) is 5.82 Å². The lowest BCUT2D eigenvalue weighted by Crippen LogP contribution is -2.63. The van der Waals surface area contributed by atoms with Crippen molar-refractivity contribution >= 4 is 32.9 Å². The number of amides is 2. The second-order valence-electron chi connectivity index (χ2n) is 8.18. The van der Waals surface area contributed by atoms with E-state index in [1.54, 1.807) is 6.07 Å². The van der Waals surface area contributed by atoms with E-state index in [0.717, 1.165) is 20.8 Å². The molecule has 2 aromatic rings. The van der Waals surface area contributed by atoms with Crippen molar-refractivity contribution in [2.75, 3.05) is 32.7 Å². The Morgan fingerprint density at radius 3 is 2.56 bits per heavy atom. The van der Waals surface area contributed by atoms with E-state index in [1.165, 1.54) is 33.7 Å². The van der Waals surface area contributed by atoms with E-state index in [0.29, 0.717) is 12.8 Å². The van der Waals surface area contributed by atoms with E-state index in [-0.39, 0.29) is 50.4 Å². The number of benzene rings is 1. The molecule has 3 heterocycles. The zero-order valence-corrected chi connectivity index (χ0v) is 18.4. The lowest BCUT2D eigenvalue weighted by atomic mass is 9.90. The number of hydroxylamine groups is 1. The first-order chi connectivity index (χ1) is 15.2. The lowest BCUT2D eigenvalue weighted by Gasteiger charge is -2.42. The first-order valence-corrected chi connectivity index (χ1v) is 11.8. The minimum absolute atomic E-state index is 0.0400. The van der Waals surface area contributed by atoms with Crippen LogP contribution in [-0.4, -0.2) is 82.7 Å². The summed E-state index contributed by atoms with van der Waals surface area (Å²) in [4.78, 5) is 28.4. The maximum atomic E-state index is 13.7. The number of H-pyrrole nitrogens is 1. The number of carbonyl (C=O) groups excluding carboxylic acids is 2. The normalized spacial score (nSPS) is 21.7. The Hall–Kier alpha value is -2.54. The summed E-state index contributed by atoms with van der Waals surface area (Å²) in [7, 11) is -3.99. The third-order valence-electron chi connectivity index (χ3n) is 6.38. The van der Waals surface area contributed by atoms with E-state index >= 15 is 0 Å². The molecule has 2 aliphatic heterocycles. The number of nitrogens with one attached hydrogen (secondary N) is 2. The van der Waals surface area contributed by atoms with Gasteiger partial charge in [0.15, 0.2) is 0 Å². The van der Waals surface area contributed by atoms with Crippen LogP contribution < -0.4 is 5.48 Å². The Balaban J connectivity index is 1.50. The summed E-state index contributed by atoms with van der Waals surface area (Å²) >= 11 is 0. The molecule has 10 nitrogen and oxygen atoms in total. The maximum absolute atomic E-state index is 13.7. The van der Waals surface area contributed by atoms with Crippen molar-refractivity contribution in [2.24, 2.45) is 0 Å². The third kappa shape index (κ3) is 4.10. The Morgan fingerprint density at radius 1 is 1.19 bits per heavy atom. The van der Waals surface area contributed by atoms with Crippen LogP contribution in [0.5, 0.6) is 0 Å². The van der Waals surface area contributed by atoms with E-state index in [1.807, 2.05) is 6.20 Å². The van der Waals surface area contributed by atoms with Crippen molar-refractivity contribution in [3.05, 3.63) is 35.8 Å². The fraction of sp³-hybridized carbons (Fsp3) is 0.500. The van der Waals surface area contributed by atoms with Crippen molar-refractivity contribution in [1.29, 1.82) is 0 Å². The molecule has 0 unspecified atom stereocenters. The molecule has 1 atom stereocenters. The van der Waals surface area contributed by atoms with Crippen LogP contribution in [-0.2, 0) is 19.8 Å². The van der Waals surface area contributed by atoms with Crippen molar-refractivity contribution in [3.63, 3.8) is 0 Å². The van der Waals surface area contributed by atoms with Crippen LogP contribution in [0.25, 0.3) is 10.9 Å². The fourth-order valence-electron chi connectivity index (χ4n) is 4.61. The number of hydrogen-bond acceptors (Lipinski definition) is 5. The number of rotatable bonds is 4. The SMILES string of the molecule is CC(=O)N1CCN(S(=O)(=O)N2CCC(c3c[nH]c4ccc(F)cc34)CC2)[C@@H](C(=O)NO)C1. The first-order valence-electron chi connectivity index (χ1n) is 10.4. The molecule has 2 fully saturated rings. The Labute approximate surface area is 185 Å². The number of carbonyl (C=O) groups is 2. The topological polar surface area (TPSA) is 126 Å². The van der Waals surface area contributed by atoms with Gasteiger partial charge in [0.25, 0.3) is 16.1 Å². The molecule has 0 spiro atoms. The average molecular weight is 468 g/mol. The molecular weight excluding hydrogens is 441 g/mol. The summed E-state index contributed by atoms with van der Waals surface area (Å²) in [6, 6.07) is 3.34. The molecule has 174 valence electrons. The summed E-state index contributed by atoms with van der Waals surface area (Å²) in [5.74, 6) is -1.40. The van der Waals surface area contributed by atoms with Gasteiger partial charge in [0.05, 0.1) is 0 Å². The molecule has 0 aliphatic carbocycles. The largest absolute Gasteiger partial charge is 0.361 e. The summed E-state index contributed by atoms with van der Waals surface area (Å²) < 4.78 is 42.8. The molecule has 0 radical (unpaired) electrons. The number of piperazine rings is 1. The molecular formula is C20H26FN5O5S. The van der Waals surface area contributed by atoms with Crippen LogP contribution >= 0.6 is 0 Å². The molecule has 12 heteroatoms. The standard InChI is InChI=1S/C20H26FN5O5S/c1-13(27)24-8-9-26(19(12-24)20(28)23-29)32(30,31)25-6-4-14(5-7-25)17-11-22-18-3-2-15(21)10-16(17)18/h2-3,10-11,14,19,22,29H,4-9,12H2,1H3,(H,23,28)/t19-/m1/s1. The summed E-state index contributed by atoms with van der Waals surface area (Å²) in [5.41, 5.74) is 3.30. The zero-order chi connectivity index (χ0) is 23.0. The van der Waals surface area contributed by atoms with Crippen LogP contribution in [0.4, 0.5) is 4.39 Å². The molecule has 1 aromatic carbocycles. The van der Waals surface area contributed by atoms with E-state index in [2.05, 4.69) is 4.98 Å². The van der Waals surface area contributed by atoms with E-state index < -0.39 is 22.2 Å². The number of nitrogens with zero attached hydrogens (tertiary/aromatic N) is 3. The Bertz CT molecular complexity index is 1130. The van der Waals surface area contributed by atoms with Crippen molar-refractivity contribution in [3.8, 4) is 0 Å². The second-order valence-corrected chi connectivity index (χ2v) is 10.1. The number of aromatic nitrogens is 1. The highest BCUT2D eigenvalue weighted by atomic mass is 32.2. The number of piperidine rings is 1. The molecule has 0 saturated carbocycles. The van der Waals surface area contributed by atoms with Gasteiger partial charge in [-0.05, 0) is 42.5 Å². The highest BCUT2D eigenvalue weighted by Crippen LogP contribution is 2.35. The highest BCUT2D eigenvalue weighted by molar-refractivity contribution is 7.86.